The van der Waals surface area contributed by atoms with Gasteiger partial charge in [0, 0.05) is 37.4 Å². The lowest BCUT2D eigenvalue weighted by atomic mass is 10.1. The highest BCUT2D eigenvalue weighted by atomic mass is 16.1. The van der Waals surface area contributed by atoms with Crippen molar-refractivity contribution < 1.29 is 4.79 Å². The molecule has 1 aliphatic rings. The molecule has 0 bridgehead atoms. The Morgan fingerprint density at radius 1 is 1.03 bits per heavy atom. The number of hydrogen-bond donors (Lipinski definition) is 2. The van der Waals surface area contributed by atoms with Crippen LogP contribution in [0, 0.1) is 0 Å². The molecule has 160 valence electrons. The Bertz CT molecular complexity index is 1220. The molecule has 0 aliphatic carbocycles. The number of carbonyl (C=O) groups excluding carboxylic acids is 1. The number of anilines is 2. The van der Waals surface area contributed by atoms with Crippen LogP contribution in [0.3, 0.4) is 0 Å². The molecule has 0 radical (unpaired) electrons. The van der Waals surface area contributed by atoms with E-state index in [1.165, 1.54) is 5.56 Å². The van der Waals surface area contributed by atoms with Gasteiger partial charge in [-0.15, -0.1) is 10.2 Å². The maximum absolute atomic E-state index is 12.8. The second-order valence-corrected chi connectivity index (χ2v) is 7.89. The number of fused-ring (bicyclic) bond motifs is 1. The number of nitrogens with zero attached hydrogens (tertiary/aromatic N) is 5. The van der Waals surface area contributed by atoms with E-state index < -0.39 is 0 Å². The number of likely N-dealkylation sites (tertiary alicyclic amines) is 1. The minimum absolute atomic E-state index is 0.0992. The minimum atomic E-state index is -0.0992. The van der Waals surface area contributed by atoms with E-state index in [9.17, 15) is 4.79 Å². The fourth-order valence-corrected chi connectivity index (χ4v) is 3.90. The Labute approximate surface area is 185 Å². The second-order valence-electron chi connectivity index (χ2n) is 7.89. The van der Waals surface area contributed by atoms with Crippen LogP contribution in [0.2, 0.25) is 0 Å². The van der Waals surface area contributed by atoms with Crippen molar-refractivity contribution >= 4 is 28.6 Å². The number of carbonyl (C=O) groups is 1. The number of hydrogen-bond acceptors (Lipinski definition) is 7. The molecule has 1 atom stereocenters. The van der Waals surface area contributed by atoms with Gasteiger partial charge in [0.05, 0.1) is 17.4 Å². The fraction of sp³-hybridized carbons (Fsp3) is 0.208. The Hall–Kier alpha value is -3.91. The summed E-state index contributed by atoms with van der Waals surface area (Å²) in [7, 11) is 0. The Balaban J connectivity index is 1.21. The summed E-state index contributed by atoms with van der Waals surface area (Å²) in [6.45, 7) is 2.72. The van der Waals surface area contributed by atoms with E-state index in [0.29, 0.717) is 22.5 Å². The Morgan fingerprint density at radius 3 is 2.78 bits per heavy atom. The summed E-state index contributed by atoms with van der Waals surface area (Å²) in [6, 6.07) is 19.5. The summed E-state index contributed by atoms with van der Waals surface area (Å²) < 4.78 is 0. The van der Waals surface area contributed by atoms with Gasteiger partial charge in [-0.2, -0.15) is 0 Å². The first-order valence-electron chi connectivity index (χ1n) is 10.6. The van der Waals surface area contributed by atoms with Gasteiger partial charge in [0.1, 0.15) is 5.52 Å². The van der Waals surface area contributed by atoms with Gasteiger partial charge in [-0.25, -0.2) is 4.98 Å². The van der Waals surface area contributed by atoms with Gasteiger partial charge in [-0.1, -0.05) is 30.3 Å². The molecular weight excluding hydrogens is 402 g/mol. The SMILES string of the molecule is O=C(NC1CCN(Cc2ccccc2)C1)c1ccc2nc(Nc3cccnc3)nnc2c1. The van der Waals surface area contributed by atoms with Crippen molar-refractivity contribution in [2.75, 3.05) is 18.4 Å². The zero-order valence-electron chi connectivity index (χ0n) is 17.5. The van der Waals surface area contributed by atoms with Crippen LogP contribution in [0.25, 0.3) is 11.0 Å². The van der Waals surface area contributed by atoms with Crippen LogP contribution < -0.4 is 10.6 Å². The third-order valence-electron chi connectivity index (χ3n) is 5.49. The molecule has 0 spiro atoms. The lowest BCUT2D eigenvalue weighted by Gasteiger charge is -2.17. The molecule has 1 amide bonds. The van der Waals surface area contributed by atoms with Crippen molar-refractivity contribution in [3.8, 4) is 0 Å². The highest BCUT2D eigenvalue weighted by molar-refractivity contribution is 5.97. The first kappa shape index (κ1) is 20.0. The van der Waals surface area contributed by atoms with E-state index in [-0.39, 0.29) is 11.9 Å². The van der Waals surface area contributed by atoms with Crippen molar-refractivity contribution in [3.63, 3.8) is 0 Å². The van der Waals surface area contributed by atoms with Crippen LogP contribution >= 0.6 is 0 Å². The van der Waals surface area contributed by atoms with E-state index in [4.69, 9.17) is 0 Å². The molecule has 1 fully saturated rings. The standard InChI is InChI=1S/C24H23N7O/c32-23(26-20-10-12-31(16-20)15-17-5-2-1-3-6-17)18-8-9-21-22(13-18)29-30-24(28-21)27-19-7-4-11-25-14-19/h1-9,11,13-14,20H,10,12,15-16H2,(H,26,32)(H,27,28,30). The molecule has 8 nitrogen and oxygen atoms in total. The van der Waals surface area contributed by atoms with Gasteiger partial charge in [0.15, 0.2) is 0 Å². The number of benzene rings is 2. The van der Waals surface area contributed by atoms with Gasteiger partial charge < -0.3 is 10.6 Å². The van der Waals surface area contributed by atoms with E-state index in [2.05, 4.69) is 60.0 Å². The lowest BCUT2D eigenvalue weighted by Crippen LogP contribution is -2.37. The van der Waals surface area contributed by atoms with Gasteiger partial charge in [-0.3, -0.25) is 14.7 Å². The molecule has 8 heteroatoms. The molecule has 32 heavy (non-hydrogen) atoms. The van der Waals surface area contributed by atoms with Crippen molar-refractivity contribution in [2.24, 2.45) is 0 Å². The van der Waals surface area contributed by atoms with Gasteiger partial charge in [0.25, 0.3) is 5.91 Å². The van der Waals surface area contributed by atoms with Crippen LogP contribution in [0.5, 0.6) is 0 Å². The molecule has 5 rings (SSSR count). The molecule has 2 aromatic heterocycles. The average molecular weight is 425 g/mol. The first-order valence-corrected chi connectivity index (χ1v) is 10.6. The summed E-state index contributed by atoms with van der Waals surface area (Å²) >= 11 is 0. The van der Waals surface area contributed by atoms with Crippen molar-refractivity contribution in [3.05, 3.63) is 84.2 Å². The highest BCUT2D eigenvalue weighted by Crippen LogP contribution is 2.17. The van der Waals surface area contributed by atoms with Crippen LogP contribution in [-0.4, -0.2) is 50.1 Å². The van der Waals surface area contributed by atoms with Crippen molar-refractivity contribution in [1.82, 2.24) is 30.4 Å². The number of nitrogens with one attached hydrogen (secondary N) is 2. The third kappa shape index (κ3) is 4.70. The largest absolute Gasteiger partial charge is 0.348 e. The topological polar surface area (TPSA) is 95.9 Å². The maximum Gasteiger partial charge on any atom is 0.251 e. The minimum Gasteiger partial charge on any atom is -0.348 e. The van der Waals surface area contributed by atoms with Crippen molar-refractivity contribution in [1.29, 1.82) is 0 Å². The Kier molecular flexibility index (Phi) is 5.67. The maximum atomic E-state index is 12.8. The van der Waals surface area contributed by atoms with Crippen LogP contribution in [0.4, 0.5) is 11.6 Å². The summed E-state index contributed by atoms with van der Waals surface area (Å²) in [5.41, 5.74) is 3.87. The molecule has 2 aromatic carbocycles. The average Bonchev–Trinajstić information content (AvgIpc) is 3.26. The van der Waals surface area contributed by atoms with Gasteiger partial charge >= 0.3 is 0 Å². The van der Waals surface area contributed by atoms with Crippen molar-refractivity contribution in [2.45, 2.75) is 19.0 Å². The second kappa shape index (κ2) is 9.07. The van der Waals surface area contributed by atoms with E-state index in [1.54, 1.807) is 30.6 Å². The molecule has 3 heterocycles. The first-order chi connectivity index (χ1) is 15.7. The monoisotopic (exact) mass is 425 g/mol. The van der Waals surface area contributed by atoms with E-state index >= 15 is 0 Å². The quantitative estimate of drug-likeness (QED) is 0.490. The van der Waals surface area contributed by atoms with Crippen LogP contribution in [-0.2, 0) is 6.54 Å². The van der Waals surface area contributed by atoms with Crippen LogP contribution in [0.1, 0.15) is 22.3 Å². The molecule has 1 unspecified atom stereocenters. The predicted octanol–water partition coefficient (Wildman–Crippen LogP) is 3.17. The molecule has 1 saturated heterocycles. The number of aromatic nitrogens is 4. The normalized spacial score (nSPS) is 16.2. The van der Waals surface area contributed by atoms with Gasteiger partial charge in [-0.05, 0) is 42.3 Å². The molecular formula is C24H23N7O. The smallest absolute Gasteiger partial charge is 0.251 e. The van der Waals surface area contributed by atoms with Gasteiger partial charge in [0.2, 0.25) is 5.95 Å². The highest BCUT2D eigenvalue weighted by Gasteiger charge is 2.24. The fourth-order valence-electron chi connectivity index (χ4n) is 3.90. The number of pyridine rings is 1. The molecule has 0 saturated carbocycles. The summed E-state index contributed by atoms with van der Waals surface area (Å²) in [5.74, 6) is 0.282. The number of amides is 1. The lowest BCUT2D eigenvalue weighted by molar-refractivity contribution is 0.0937. The molecule has 2 N–H and O–H groups in total. The zero-order chi connectivity index (χ0) is 21.8. The number of rotatable bonds is 6. The van der Waals surface area contributed by atoms with E-state index in [1.807, 2.05) is 18.2 Å². The van der Waals surface area contributed by atoms with E-state index in [0.717, 1.165) is 31.7 Å². The molecule has 4 aromatic rings. The third-order valence-corrected chi connectivity index (χ3v) is 5.49. The summed E-state index contributed by atoms with van der Waals surface area (Å²) in [5, 5.41) is 14.6. The zero-order valence-corrected chi connectivity index (χ0v) is 17.5. The summed E-state index contributed by atoms with van der Waals surface area (Å²) in [4.78, 5) is 23.7. The molecule has 1 aliphatic heterocycles. The predicted molar refractivity (Wildman–Crippen MR) is 122 cm³/mol. The summed E-state index contributed by atoms with van der Waals surface area (Å²) in [6.07, 6.45) is 4.32. The Morgan fingerprint density at radius 2 is 1.94 bits per heavy atom. The van der Waals surface area contributed by atoms with Crippen LogP contribution in [0.15, 0.2) is 73.1 Å².